The van der Waals surface area contributed by atoms with Crippen LogP contribution in [0.25, 0.3) is 10.9 Å². The molecule has 0 spiro atoms. The normalized spacial score (nSPS) is 12.6. The van der Waals surface area contributed by atoms with E-state index < -0.39 is 12.1 Å². The van der Waals surface area contributed by atoms with E-state index in [4.69, 9.17) is 5.11 Å². The standard InChI is InChI=1S/C12H11NO3/c1-7(14)8-2-3-11-10(6-8)9(12(15)16)4-5-13-11/h2-7,14H,1H3,(H,15,16)/t7-/m1/s1. The first-order chi connectivity index (χ1) is 7.59. The summed E-state index contributed by atoms with van der Waals surface area (Å²) in [4.78, 5) is 15.1. The van der Waals surface area contributed by atoms with Gasteiger partial charge in [-0.25, -0.2) is 4.79 Å². The van der Waals surface area contributed by atoms with Crippen LogP contribution in [0, 0.1) is 0 Å². The number of aromatic nitrogens is 1. The van der Waals surface area contributed by atoms with Gasteiger partial charge in [0.05, 0.1) is 17.2 Å². The maximum Gasteiger partial charge on any atom is 0.336 e. The van der Waals surface area contributed by atoms with Gasteiger partial charge in [0.15, 0.2) is 0 Å². The summed E-state index contributed by atoms with van der Waals surface area (Å²) in [5.74, 6) is -0.991. The number of aliphatic hydroxyl groups is 1. The number of hydrogen-bond acceptors (Lipinski definition) is 3. The van der Waals surface area contributed by atoms with Crippen LogP contribution < -0.4 is 0 Å². The zero-order chi connectivity index (χ0) is 11.7. The molecule has 1 heterocycles. The fourth-order valence-corrected chi connectivity index (χ4v) is 1.61. The highest BCUT2D eigenvalue weighted by atomic mass is 16.4. The molecule has 0 saturated carbocycles. The molecule has 1 atom stereocenters. The fourth-order valence-electron chi connectivity index (χ4n) is 1.61. The Morgan fingerprint density at radius 2 is 2.12 bits per heavy atom. The number of carbonyl (C=O) groups is 1. The second-order valence-corrected chi connectivity index (χ2v) is 3.62. The van der Waals surface area contributed by atoms with Crippen molar-refractivity contribution in [1.82, 2.24) is 4.98 Å². The molecular weight excluding hydrogens is 206 g/mol. The molecule has 4 heteroatoms. The van der Waals surface area contributed by atoms with E-state index in [1.165, 1.54) is 12.3 Å². The maximum absolute atomic E-state index is 11.0. The summed E-state index contributed by atoms with van der Waals surface area (Å²) >= 11 is 0. The number of fused-ring (bicyclic) bond motifs is 1. The fraction of sp³-hybridized carbons (Fsp3) is 0.167. The summed E-state index contributed by atoms with van der Waals surface area (Å²) in [6.45, 7) is 1.64. The van der Waals surface area contributed by atoms with Gasteiger partial charge in [-0.1, -0.05) is 6.07 Å². The van der Waals surface area contributed by atoms with Gasteiger partial charge in [-0.15, -0.1) is 0 Å². The van der Waals surface area contributed by atoms with Gasteiger partial charge in [-0.05, 0) is 30.7 Å². The second kappa shape index (κ2) is 3.90. The first kappa shape index (κ1) is 10.6. The van der Waals surface area contributed by atoms with Crippen molar-refractivity contribution in [3.63, 3.8) is 0 Å². The topological polar surface area (TPSA) is 70.4 Å². The van der Waals surface area contributed by atoms with E-state index in [1.807, 2.05) is 0 Å². The molecule has 0 aliphatic heterocycles. The van der Waals surface area contributed by atoms with Gasteiger partial charge in [0.25, 0.3) is 0 Å². The smallest absolute Gasteiger partial charge is 0.336 e. The molecule has 0 aliphatic rings. The molecule has 1 aromatic heterocycles. The van der Waals surface area contributed by atoms with Gasteiger partial charge >= 0.3 is 5.97 Å². The minimum absolute atomic E-state index is 0.201. The van der Waals surface area contributed by atoms with E-state index in [0.717, 1.165) is 0 Å². The predicted molar refractivity (Wildman–Crippen MR) is 59.3 cm³/mol. The largest absolute Gasteiger partial charge is 0.478 e. The Bertz CT molecular complexity index is 549. The van der Waals surface area contributed by atoms with Crippen molar-refractivity contribution in [2.24, 2.45) is 0 Å². The average Bonchev–Trinajstić information content (AvgIpc) is 2.27. The van der Waals surface area contributed by atoms with Gasteiger partial charge in [0.2, 0.25) is 0 Å². The van der Waals surface area contributed by atoms with Gasteiger partial charge in [-0.2, -0.15) is 0 Å². The monoisotopic (exact) mass is 217 g/mol. The molecule has 2 rings (SSSR count). The summed E-state index contributed by atoms with van der Waals surface area (Å²) in [5, 5.41) is 19.0. The Hall–Kier alpha value is -1.94. The molecule has 0 bridgehead atoms. The van der Waals surface area contributed by atoms with Crippen LogP contribution in [-0.2, 0) is 0 Å². The first-order valence-corrected chi connectivity index (χ1v) is 4.89. The third-order valence-corrected chi connectivity index (χ3v) is 2.48. The number of carboxylic acid groups (broad SMARTS) is 1. The van der Waals surface area contributed by atoms with Crippen molar-refractivity contribution in [3.05, 3.63) is 41.6 Å². The lowest BCUT2D eigenvalue weighted by molar-refractivity contribution is 0.0699. The van der Waals surface area contributed by atoms with E-state index in [0.29, 0.717) is 16.5 Å². The number of carboxylic acids is 1. The molecule has 0 aliphatic carbocycles. The molecule has 0 fully saturated rings. The predicted octanol–water partition coefficient (Wildman–Crippen LogP) is 1.99. The Kier molecular flexibility index (Phi) is 2.58. The zero-order valence-corrected chi connectivity index (χ0v) is 8.71. The summed E-state index contributed by atoms with van der Waals surface area (Å²) in [6.07, 6.45) is 0.847. The molecule has 16 heavy (non-hydrogen) atoms. The number of hydrogen-bond donors (Lipinski definition) is 2. The molecule has 0 unspecified atom stereocenters. The van der Waals surface area contributed by atoms with Gasteiger partial charge in [0, 0.05) is 11.6 Å². The van der Waals surface area contributed by atoms with E-state index in [2.05, 4.69) is 4.98 Å². The molecule has 82 valence electrons. The third kappa shape index (κ3) is 1.75. The van der Waals surface area contributed by atoms with E-state index >= 15 is 0 Å². The van der Waals surface area contributed by atoms with Crippen molar-refractivity contribution >= 4 is 16.9 Å². The van der Waals surface area contributed by atoms with Crippen LogP contribution in [-0.4, -0.2) is 21.2 Å². The first-order valence-electron chi connectivity index (χ1n) is 4.89. The number of nitrogens with zero attached hydrogens (tertiary/aromatic N) is 1. The average molecular weight is 217 g/mol. The molecule has 2 aromatic rings. The minimum atomic E-state index is -0.991. The third-order valence-electron chi connectivity index (χ3n) is 2.48. The maximum atomic E-state index is 11.0. The SMILES string of the molecule is C[C@@H](O)c1ccc2nccc(C(=O)O)c2c1. The molecule has 2 N–H and O–H groups in total. The van der Waals surface area contributed by atoms with E-state index in [-0.39, 0.29) is 5.56 Å². The summed E-state index contributed by atoms with van der Waals surface area (Å²) < 4.78 is 0. The van der Waals surface area contributed by atoms with Crippen LogP contribution in [0.2, 0.25) is 0 Å². The van der Waals surface area contributed by atoms with Crippen LogP contribution in [0.4, 0.5) is 0 Å². The Labute approximate surface area is 92.2 Å². The van der Waals surface area contributed by atoms with Crippen LogP contribution in [0.5, 0.6) is 0 Å². The van der Waals surface area contributed by atoms with Crippen molar-refractivity contribution in [3.8, 4) is 0 Å². The second-order valence-electron chi connectivity index (χ2n) is 3.62. The quantitative estimate of drug-likeness (QED) is 0.807. The lowest BCUT2D eigenvalue weighted by Gasteiger charge is -2.07. The van der Waals surface area contributed by atoms with Crippen molar-refractivity contribution < 1.29 is 15.0 Å². The lowest BCUT2D eigenvalue weighted by Crippen LogP contribution is -1.99. The summed E-state index contributed by atoms with van der Waals surface area (Å²) in [5.41, 5.74) is 1.50. The van der Waals surface area contributed by atoms with Crippen molar-refractivity contribution in [2.45, 2.75) is 13.0 Å². The summed E-state index contributed by atoms with van der Waals surface area (Å²) in [6, 6.07) is 6.57. The molecular formula is C12H11NO3. The highest BCUT2D eigenvalue weighted by Gasteiger charge is 2.10. The van der Waals surface area contributed by atoms with E-state index in [9.17, 15) is 9.90 Å². The number of aromatic carboxylic acids is 1. The highest BCUT2D eigenvalue weighted by molar-refractivity contribution is 6.02. The van der Waals surface area contributed by atoms with Gasteiger partial charge < -0.3 is 10.2 Å². The van der Waals surface area contributed by atoms with Gasteiger partial charge in [0.1, 0.15) is 0 Å². The number of benzene rings is 1. The Balaban J connectivity index is 2.73. The van der Waals surface area contributed by atoms with Crippen molar-refractivity contribution in [2.75, 3.05) is 0 Å². The van der Waals surface area contributed by atoms with Crippen LogP contribution >= 0.6 is 0 Å². The van der Waals surface area contributed by atoms with Crippen molar-refractivity contribution in [1.29, 1.82) is 0 Å². The zero-order valence-electron chi connectivity index (χ0n) is 8.71. The Morgan fingerprint density at radius 1 is 1.38 bits per heavy atom. The van der Waals surface area contributed by atoms with Crippen LogP contribution in [0.3, 0.4) is 0 Å². The molecule has 0 radical (unpaired) electrons. The van der Waals surface area contributed by atoms with Gasteiger partial charge in [-0.3, -0.25) is 4.98 Å². The molecule has 4 nitrogen and oxygen atoms in total. The van der Waals surface area contributed by atoms with Crippen LogP contribution in [0.15, 0.2) is 30.5 Å². The number of rotatable bonds is 2. The molecule has 1 aromatic carbocycles. The molecule has 0 saturated heterocycles. The summed E-state index contributed by atoms with van der Waals surface area (Å²) in [7, 11) is 0. The minimum Gasteiger partial charge on any atom is -0.478 e. The number of pyridine rings is 1. The lowest BCUT2D eigenvalue weighted by atomic mass is 10.0. The molecule has 0 amide bonds. The van der Waals surface area contributed by atoms with Crippen LogP contribution in [0.1, 0.15) is 28.9 Å². The van der Waals surface area contributed by atoms with E-state index in [1.54, 1.807) is 25.1 Å². The Morgan fingerprint density at radius 3 is 2.75 bits per heavy atom. The highest BCUT2D eigenvalue weighted by Crippen LogP contribution is 2.21. The number of aliphatic hydroxyl groups excluding tert-OH is 1.